The fraction of sp³-hybridized carbons (Fsp3) is 0.0526. The molecule has 25 heavy (non-hydrogen) atoms. The van der Waals surface area contributed by atoms with Crippen LogP contribution in [0.4, 0.5) is 11.4 Å². The Morgan fingerprint density at radius 2 is 1.12 bits per heavy atom. The molecule has 0 saturated heterocycles. The second kappa shape index (κ2) is 7.35. The zero-order chi connectivity index (χ0) is 17.6. The fourth-order valence-corrected chi connectivity index (χ4v) is 2.32. The van der Waals surface area contributed by atoms with Gasteiger partial charge in [-0.25, -0.2) is 0 Å². The lowest BCUT2D eigenvalue weighted by atomic mass is 10.0. The summed E-state index contributed by atoms with van der Waals surface area (Å²) in [4.78, 5) is 32.7. The predicted octanol–water partition coefficient (Wildman–Crippen LogP) is 3.29. The highest BCUT2D eigenvalue weighted by Crippen LogP contribution is 2.14. The number of pyridine rings is 2. The van der Waals surface area contributed by atoms with Gasteiger partial charge < -0.3 is 10.6 Å². The van der Waals surface area contributed by atoms with Crippen LogP contribution in [0.3, 0.4) is 0 Å². The summed E-state index contributed by atoms with van der Waals surface area (Å²) in [6, 6.07) is 11.8. The number of anilines is 2. The van der Waals surface area contributed by atoms with Gasteiger partial charge in [0.25, 0.3) is 11.8 Å². The van der Waals surface area contributed by atoms with Gasteiger partial charge in [-0.05, 0) is 55.0 Å². The van der Waals surface area contributed by atoms with E-state index in [0.29, 0.717) is 22.5 Å². The van der Waals surface area contributed by atoms with Crippen LogP contribution < -0.4 is 10.6 Å². The lowest BCUT2D eigenvalue weighted by Crippen LogP contribution is -2.16. The van der Waals surface area contributed by atoms with Gasteiger partial charge in [0.2, 0.25) is 0 Å². The molecule has 1 aromatic carbocycles. The zero-order valence-electron chi connectivity index (χ0n) is 13.6. The summed E-state index contributed by atoms with van der Waals surface area (Å²) in [6.45, 7) is 1.84. The Labute approximate surface area is 145 Å². The summed E-state index contributed by atoms with van der Waals surface area (Å²) in [5, 5.41) is 5.56. The Balaban J connectivity index is 1.80. The van der Waals surface area contributed by atoms with Crippen molar-refractivity contribution in [3.8, 4) is 0 Å². The molecule has 0 aliphatic heterocycles. The van der Waals surface area contributed by atoms with Crippen LogP contribution >= 0.6 is 0 Å². The number of nitrogens with one attached hydrogen (secondary N) is 2. The number of carbonyl (C=O) groups excluding carboxylic acids is 2. The molecule has 124 valence electrons. The van der Waals surface area contributed by atoms with Crippen molar-refractivity contribution in [2.45, 2.75) is 6.92 Å². The Bertz CT molecular complexity index is 824. The molecular weight excluding hydrogens is 316 g/mol. The third-order valence-corrected chi connectivity index (χ3v) is 3.48. The first-order valence-corrected chi connectivity index (χ1v) is 7.66. The monoisotopic (exact) mass is 332 g/mol. The van der Waals surface area contributed by atoms with Crippen molar-refractivity contribution in [1.29, 1.82) is 0 Å². The summed E-state index contributed by atoms with van der Waals surface area (Å²) in [7, 11) is 0. The lowest BCUT2D eigenvalue weighted by molar-refractivity contribution is 0.102. The number of benzene rings is 1. The SMILES string of the molecule is Cc1cc(C(=O)Nc2ccncc2)cc(C(=O)Nc2ccncc2)c1. The van der Waals surface area contributed by atoms with Crippen molar-refractivity contribution in [3.05, 3.63) is 83.9 Å². The average Bonchev–Trinajstić information content (AvgIpc) is 2.63. The molecule has 2 N–H and O–H groups in total. The number of rotatable bonds is 4. The smallest absolute Gasteiger partial charge is 0.255 e. The van der Waals surface area contributed by atoms with Crippen molar-refractivity contribution in [2.75, 3.05) is 10.6 Å². The van der Waals surface area contributed by atoms with Crippen molar-refractivity contribution in [3.63, 3.8) is 0 Å². The molecule has 0 bridgehead atoms. The van der Waals surface area contributed by atoms with Gasteiger partial charge in [-0.15, -0.1) is 0 Å². The van der Waals surface area contributed by atoms with E-state index >= 15 is 0 Å². The third-order valence-electron chi connectivity index (χ3n) is 3.48. The third kappa shape index (κ3) is 4.26. The number of nitrogens with zero attached hydrogens (tertiary/aromatic N) is 2. The Kier molecular flexibility index (Phi) is 4.80. The topological polar surface area (TPSA) is 84.0 Å². The molecule has 0 unspecified atom stereocenters. The van der Waals surface area contributed by atoms with Crippen LogP contribution in [0.2, 0.25) is 0 Å². The molecule has 3 aromatic rings. The first-order valence-electron chi connectivity index (χ1n) is 7.66. The minimum atomic E-state index is -0.284. The van der Waals surface area contributed by atoms with Crippen LogP contribution in [-0.2, 0) is 0 Å². The molecule has 2 amide bonds. The van der Waals surface area contributed by atoms with Crippen molar-refractivity contribution in [1.82, 2.24) is 9.97 Å². The molecule has 2 aromatic heterocycles. The van der Waals surface area contributed by atoms with E-state index in [1.807, 2.05) is 6.92 Å². The Hall–Kier alpha value is -3.54. The summed E-state index contributed by atoms with van der Waals surface area (Å²) >= 11 is 0. The van der Waals surface area contributed by atoms with Gasteiger partial charge in [-0.3, -0.25) is 19.6 Å². The average molecular weight is 332 g/mol. The van der Waals surface area contributed by atoms with Crippen LogP contribution in [-0.4, -0.2) is 21.8 Å². The van der Waals surface area contributed by atoms with Crippen molar-refractivity contribution in [2.24, 2.45) is 0 Å². The highest BCUT2D eigenvalue weighted by molar-refractivity contribution is 6.08. The van der Waals surface area contributed by atoms with E-state index in [0.717, 1.165) is 5.56 Å². The first kappa shape index (κ1) is 16.3. The highest BCUT2D eigenvalue weighted by Gasteiger charge is 2.12. The second-order valence-corrected chi connectivity index (χ2v) is 5.47. The molecule has 2 heterocycles. The quantitative estimate of drug-likeness (QED) is 0.768. The number of amides is 2. The Morgan fingerprint density at radius 3 is 1.52 bits per heavy atom. The van der Waals surface area contributed by atoms with E-state index in [-0.39, 0.29) is 11.8 Å². The van der Waals surface area contributed by atoms with Crippen molar-refractivity contribution >= 4 is 23.2 Å². The molecule has 0 aliphatic carbocycles. The maximum atomic E-state index is 12.4. The van der Waals surface area contributed by atoms with Crippen LogP contribution in [0.1, 0.15) is 26.3 Å². The molecule has 6 nitrogen and oxygen atoms in total. The van der Waals surface area contributed by atoms with Gasteiger partial charge >= 0.3 is 0 Å². The van der Waals surface area contributed by atoms with E-state index in [1.165, 1.54) is 0 Å². The molecule has 0 radical (unpaired) electrons. The normalized spacial score (nSPS) is 10.1. The van der Waals surface area contributed by atoms with Crippen LogP contribution in [0, 0.1) is 6.92 Å². The van der Waals surface area contributed by atoms with E-state index in [9.17, 15) is 9.59 Å². The summed E-state index contributed by atoms with van der Waals surface area (Å²) in [6.07, 6.45) is 6.39. The summed E-state index contributed by atoms with van der Waals surface area (Å²) < 4.78 is 0. The van der Waals surface area contributed by atoms with E-state index in [2.05, 4.69) is 20.6 Å². The first-order chi connectivity index (χ1) is 12.1. The van der Waals surface area contributed by atoms with Gasteiger partial charge in [-0.2, -0.15) is 0 Å². The molecule has 0 spiro atoms. The van der Waals surface area contributed by atoms with Gasteiger partial charge in [0.05, 0.1) is 0 Å². The molecule has 3 rings (SSSR count). The van der Waals surface area contributed by atoms with E-state index in [1.54, 1.807) is 67.3 Å². The van der Waals surface area contributed by atoms with Crippen LogP contribution in [0.25, 0.3) is 0 Å². The maximum absolute atomic E-state index is 12.4. The highest BCUT2D eigenvalue weighted by atomic mass is 16.2. The second-order valence-electron chi connectivity index (χ2n) is 5.47. The minimum Gasteiger partial charge on any atom is -0.322 e. The molecule has 0 aliphatic rings. The number of hydrogen-bond acceptors (Lipinski definition) is 4. The molecule has 0 saturated carbocycles. The standard InChI is InChI=1S/C19H16N4O2/c1-13-10-14(18(24)22-16-2-6-20-7-3-16)12-15(11-13)19(25)23-17-4-8-21-9-5-17/h2-12H,1H3,(H,20,22,24)(H,21,23,25). The molecule has 6 heteroatoms. The zero-order valence-corrected chi connectivity index (χ0v) is 13.6. The summed E-state index contributed by atoms with van der Waals surface area (Å²) in [5.74, 6) is -0.569. The number of carbonyl (C=O) groups is 2. The van der Waals surface area contributed by atoms with Gasteiger partial charge in [-0.1, -0.05) is 0 Å². The van der Waals surface area contributed by atoms with Crippen molar-refractivity contribution < 1.29 is 9.59 Å². The van der Waals surface area contributed by atoms with Crippen LogP contribution in [0.15, 0.2) is 67.3 Å². The Morgan fingerprint density at radius 1 is 0.720 bits per heavy atom. The molecular formula is C19H16N4O2. The maximum Gasteiger partial charge on any atom is 0.255 e. The van der Waals surface area contributed by atoms with Crippen LogP contribution in [0.5, 0.6) is 0 Å². The number of aryl methyl sites for hydroxylation is 1. The molecule has 0 atom stereocenters. The summed E-state index contributed by atoms with van der Waals surface area (Å²) in [5.41, 5.74) is 2.93. The van der Waals surface area contributed by atoms with Gasteiger partial charge in [0, 0.05) is 47.3 Å². The van der Waals surface area contributed by atoms with Gasteiger partial charge in [0.1, 0.15) is 0 Å². The fourth-order valence-electron chi connectivity index (χ4n) is 2.32. The predicted molar refractivity (Wildman–Crippen MR) is 95.6 cm³/mol. The lowest BCUT2D eigenvalue weighted by Gasteiger charge is -2.09. The largest absolute Gasteiger partial charge is 0.322 e. The van der Waals surface area contributed by atoms with E-state index in [4.69, 9.17) is 0 Å². The number of hydrogen-bond donors (Lipinski definition) is 2. The number of aromatic nitrogens is 2. The van der Waals surface area contributed by atoms with E-state index < -0.39 is 0 Å². The molecule has 0 fully saturated rings. The minimum absolute atomic E-state index is 0.284. The van der Waals surface area contributed by atoms with Gasteiger partial charge in [0.15, 0.2) is 0 Å².